The second-order valence-corrected chi connectivity index (χ2v) is 6.12. The van der Waals surface area contributed by atoms with Crippen LogP contribution in [-0.2, 0) is 9.84 Å². The van der Waals surface area contributed by atoms with E-state index < -0.39 is 9.84 Å². The van der Waals surface area contributed by atoms with Gasteiger partial charge in [-0.1, -0.05) is 42.3 Å². The van der Waals surface area contributed by atoms with E-state index in [1.165, 1.54) is 0 Å². The summed E-state index contributed by atoms with van der Waals surface area (Å²) in [4.78, 5) is 0.343. The van der Waals surface area contributed by atoms with Crippen LogP contribution in [0.4, 0.5) is 0 Å². The normalized spacial score (nSPS) is 12.8. The maximum absolute atomic E-state index is 11.9. The van der Waals surface area contributed by atoms with Crippen LogP contribution in [0.25, 0.3) is 0 Å². The molecule has 0 spiro atoms. The molecule has 16 heavy (non-hydrogen) atoms. The van der Waals surface area contributed by atoms with Gasteiger partial charge in [0, 0.05) is 5.03 Å². The van der Waals surface area contributed by atoms with Gasteiger partial charge in [-0.05, 0) is 25.5 Å². The first-order valence-corrected chi connectivity index (χ1v) is 7.12. The molecule has 0 bridgehead atoms. The van der Waals surface area contributed by atoms with Crippen molar-refractivity contribution in [3.63, 3.8) is 0 Å². The highest BCUT2D eigenvalue weighted by Crippen LogP contribution is 2.14. The molecule has 1 aromatic rings. The second-order valence-electron chi connectivity index (χ2n) is 3.60. The van der Waals surface area contributed by atoms with E-state index in [4.69, 9.17) is 11.6 Å². The highest BCUT2D eigenvalue weighted by Gasteiger charge is 2.12. The van der Waals surface area contributed by atoms with Crippen molar-refractivity contribution in [2.75, 3.05) is 5.75 Å². The third-order valence-corrected chi connectivity index (χ3v) is 4.26. The fraction of sp³-hybridized carbons (Fsp3) is 0.333. The smallest absolute Gasteiger partial charge is 0.181 e. The zero-order valence-electron chi connectivity index (χ0n) is 9.40. The topological polar surface area (TPSA) is 34.1 Å². The summed E-state index contributed by atoms with van der Waals surface area (Å²) in [6.07, 6.45) is 2.21. The minimum absolute atomic E-state index is 0.0390. The van der Waals surface area contributed by atoms with Crippen molar-refractivity contribution >= 4 is 21.4 Å². The molecule has 2 nitrogen and oxygen atoms in total. The summed E-state index contributed by atoms with van der Waals surface area (Å²) >= 11 is 5.78. The van der Waals surface area contributed by atoms with Gasteiger partial charge in [0.05, 0.1) is 10.6 Å². The standard InChI is InChI=1S/C12H15ClO2S/c1-3-11(13)8-9-16(14,15)12-6-4-10(2)5-7-12/h4-8H,3,9H2,1-2H3/b11-8+. The highest BCUT2D eigenvalue weighted by molar-refractivity contribution is 7.91. The van der Waals surface area contributed by atoms with Crippen molar-refractivity contribution in [1.29, 1.82) is 0 Å². The fourth-order valence-corrected chi connectivity index (χ4v) is 2.52. The summed E-state index contributed by atoms with van der Waals surface area (Å²) in [7, 11) is -3.24. The van der Waals surface area contributed by atoms with Gasteiger partial charge in [0.2, 0.25) is 0 Å². The summed E-state index contributed by atoms with van der Waals surface area (Å²) in [6.45, 7) is 3.81. The molecule has 0 saturated heterocycles. The number of hydrogen-bond acceptors (Lipinski definition) is 2. The lowest BCUT2D eigenvalue weighted by Gasteiger charge is -2.02. The Kier molecular flexibility index (Phi) is 4.56. The van der Waals surface area contributed by atoms with Crippen LogP contribution in [0.5, 0.6) is 0 Å². The third kappa shape index (κ3) is 3.65. The quantitative estimate of drug-likeness (QED) is 0.830. The van der Waals surface area contributed by atoms with Crippen LogP contribution in [0.3, 0.4) is 0 Å². The molecule has 4 heteroatoms. The monoisotopic (exact) mass is 258 g/mol. The average molecular weight is 259 g/mol. The van der Waals surface area contributed by atoms with Crippen LogP contribution in [0.2, 0.25) is 0 Å². The molecule has 0 aliphatic heterocycles. The Balaban J connectivity index is 2.91. The van der Waals surface area contributed by atoms with Crippen molar-refractivity contribution in [2.45, 2.75) is 25.2 Å². The van der Waals surface area contributed by atoms with Crippen molar-refractivity contribution < 1.29 is 8.42 Å². The van der Waals surface area contributed by atoms with Crippen molar-refractivity contribution in [1.82, 2.24) is 0 Å². The van der Waals surface area contributed by atoms with Gasteiger partial charge in [-0.3, -0.25) is 0 Å². The lowest BCUT2D eigenvalue weighted by Crippen LogP contribution is -2.04. The predicted octanol–water partition coefficient (Wildman–Crippen LogP) is 3.30. The molecule has 88 valence electrons. The lowest BCUT2D eigenvalue weighted by molar-refractivity contribution is 0.599. The summed E-state index contributed by atoms with van der Waals surface area (Å²) in [6, 6.07) is 6.83. The van der Waals surface area contributed by atoms with Gasteiger partial charge in [-0.2, -0.15) is 0 Å². The maximum atomic E-state index is 11.9. The number of benzene rings is 1. The fourth-order valence-electron chi connectivity index (χ4n) is 1.19. The molecular weight excluding hydrogens is 244 g/mol. The zero-order chi connectivity index (χ0) is 12.2. The Labute approximate surface area is 102 Å². The van der Waals surface area contributed by atoms with Crippen molar-refractivity contribution in [3.8, 4) is 0 Å². The molecule has 0 N–H and O–H groups in total. The van der Waals surface area contributed by atoms with Gasteiger partial charge in [-0.25, -0.2) is 8.42 Å². The molecule has 0 aliphatic carbocycles. The number of sulfone groups is 1. The van der Waals surface area contributed by atoms with Gasteiger partial charge >= 0.3 is 0 Å². The Bertz CT molecular complexity index is 472. The van der Waals surface area contributed by atoms with E-state index in [1.54, 1.807) is 30.3 Å². The van der Waals surface area contributed by atoms with Crippen LogP contribution in [0.15, 0.2) is 40.3 Å². The SMILES string of the molecule is CC/C(Cl)=C\CS(=O)(=O)c1ccc(C)cc1. The molecule has 0 fully saturated rings. The van der Waals surface area contributed by atoms with E-state index in [0.717, 1.165) is 5.56 Å². The molecule has 0 heterocycles. The minimum atomic E-state index is -3.24. The van der Waals surface area contributed by atoms with E-state index >= 15 is 0 Å². The Morgan fingerprint density at radius 1 is 1.31 bits per heavy atom. The van der Waals surface area contributed by atoms with Crippen LogP contribution in [0, 0.1) is 6.92 Å². The molecule has 0 radical (unpaired) electrons. The molecule has 0 amide bonds. The van der Waals surface area contributed by atoms with E-state index in [-0.39, 0.29) is 5.75 Å². The maximum Gasteiger partial charge on any atom is 0.181 e. The first kappa shape index (κ1) is 13.3. The van der Waals surface area contributed by atoms with E-state index in [0.29, 0.717) is 16.3 Å². The average Bonchev–Trinajstić information content (AvgIpc) is 2.26. The number of aryl methyl sites for hydroxylation is 1. The van der Waals surface area contributed by atoms with Gasteiger partial charge in [-0.15, -0.1) is 0 Å². The molecule has 0 aromatic heterocycles. The summed E-state index contributed by atoms with van der Waals surface area (Å²) in [5.74, 6) is -0.0390. The second kappa shape index (κ2) is 5.51. The molecule has 1 aromatic carbocycles. The van der Waals surface area contributed by atoms with Crippen LogP contribution in [0.1, 0.15) is 18.9 Å². The molecule has 0 unspecified atom stereocenters. The molecule has 0 atom stereocenters. The van der Waals surface area contributed by atoms with Crippen LogP contribution < -0.4 is 0 Å². The zero-order valence-corrected chi connectivity index (χ0v) is 11.0. The van der Waals surface area contributed by atoms with Crippen LogP contribution >= 0.6 is 11.6 Å². The Hall–Kier alpha value is -0.800. The molecule has 1 rings (SSSR count). The number of halogens is 1. The number of rotatable bonds is 4. The van der Waals surface area contributed by atoms with Crippen molar-refractivity contribution in [2.24, 2.45) is 0 Å². The van der Waals surface area contributed by atoms with Gasteiger partial charge in [0.1, 0.15) is 0 Å². The first-order chi connectivity index (χ1) is 7.45. The molecule has 0 saturated carbocycles. The van der Waals surface area contributed by atoms with Gasteiger partial charge in [0.15, 0.2) is 9.84 Å². The highest BCUT2D eigenvalue weighted by atomic mass is 35.5. The number of hydrogen-bond donors (Lipinski definition) is 0. The number of allylic oxidation sites excluding steroid dienone is 1. The summed E-state index contributed by atoms with van der Waals surface area (Å²) in [5.41, 5.74) is 1.04. The largest absolute Gasteiger partial charge is 0.223 e. The molecular formula is C12H15ClO2S. The summed E-state index contributed by atoms with van der Waals surface area (Å²) in [5, 5.41) is 0.579. The first-order valence-electron chi connectivity index (χ1n) is 5.09. The minimum Gasteiger partial charge on any atom is -0.223 e. The molecule has 0 aliphatic rings. The van der Waals surface area contributed by atoms with E-state index in [1.807, 2.05) is 13.8 Å². The van der Waals surface area contributed by atoms with Gasteiger partial charge < -0.3 is 0 Å². The Morgan fingerprint density at radius 3 is 2.38 bits per heavy atom. The summed E-state index contributed by atoms with van der Waals surface area (Å²) < 4.78 is 23.7. The van der Waals surface area contributed by atoms with Gasteiger partial charge in [0.25, 0.3) is 0 Å². The van der Waals surface area contributed by atoms with Crippen LogP contribution in [-0.4, -0.2) is 14.2 Å². The Morgan fingerprint density at radius 2 is 1.88 bits per heavy atom. The van der Waals surface area contributed by atoms with E-state index in [9.17, 15) is 8.42 Å². The predicted molar refractivity (Wildman–Crippen MR) is 67.5 cm³/mol. The van der Waals surface area contributed by atoms with E-state index in [2.05, 4.69) is 0 Å². The lowest BCUT2D eigenvalue weighted by atomic mass is 10.2. The van der Waals surface area contributed by atoms with Crippen molar-refractivity contribution in [3.05, 3.63) is 40.9 Å². The third-order valence-electron chi connectivity index (χ3n) is 2.24.